The highest BCUT2D eigenvalue weighted by molar-refractivity contribution is 6.02. The maximum absolute atomic E-state index is 12.1. The van der Waals surface area contributed by atoms with Gasteiger partial charge in [-0.05, 0) is 24.7 Å². The average molecular weight is 263 g/mol. The number of aliphatic imine (C=N–C) groups is 1. The van der Waals surface area contributed by atoms with E-state index in [1.165, 1.54) is 18.6 Å². The van der Waals surface area contributed by atoms with Crippen LogP contribution in [0.5, 0.6) is 0 Å². The van der Waals surface area contributed by atoms with E-state index in [9.17, 15) is 4.79 Å². The van der Waals surface area contributed by atoms with Crippen LogP contribution in [0.4, 0.5) is 0 Å². The van der Waals surface area contributed by atoms with E-state index in [-0.39, 0.29) is 28.9 Å². The van der Waals surface area contributed by atoms with Crippen molar-refractivity contribution in [3.05, 3.63) is 0 Å². The Morgan fingerprint density at radius 2 is 2.11 bits per heavy atom. The Bertz CT molecular complexity index is 440. The van der Waals surface area contributed by atoms with E-state index in [2.05, 4.69) is 27.7 Å². The molecule has 2 saturated carbocycles. The number of carbonyl (C=O) groups is 1. The van der Waals surface area contributed by atoms with Crippen LogP contribution in [0.2, 0.25) is 0 Å². The molecule has 0 amide bonds. The van der Waals surface area contributed by atoms with Crippen LogP contribution in [-0.2, 0) is 9.53 Å². The molecule has 106 valence electrons. The molecule has 0 N–H and O–H groups in total. The Hall–Kier alpha value is -0.860. The Balaban J connectivity index is 1.94. The Kier molecular flexibility index (Phi) is 2.81. The molecule has 4 atom stereocenters. The summed E-state index contributed by atoms with van der Waals surface area (Å²) >= 11 is 0. The van der Waals surface area contributed by atoms with Crippen LogP contribution >= 0.6 is 0 Å². The van der Waals surface area contributed by atoms with Crippen LogP contribution in [0, 0.1) is 16.7 Å². The fourth-order valence-corrected chi connectivity index (χ4v) is 4.39. The summed E-state index contributed by atoms with van der Waals surface area (Å²) in [6, 6.07) is -0.238. The second-order valence-corrected chi connectivity index (χ2v) is 7.23. The minimum Gasteiger partial charge on any atom is -0.454 e. The van der Waals surface area contributed by atoms with Crippen molar-refractivity contribution in [2.45, 2.75) is 71.9 Å². The van der Waals surface area contributed by atoms with Gasteiger partial charge in [0.2, 0.25) is 0 Å². The van der Waals surface area contributed by atoms with E-state index >= 15 is 0 Å². The first-order chi connectivity index (χ1) is 8.91. The normalized spacial score (nSPS) is 42.8. The Morgan fingerprint density at radius 1 is 1.37 bits per heavy atom. The summed E-state index contributed by atoms with van der Waals surface area (Å²) < 4.78 is 5.78. The van der Waals surface area contributed by atoms with Crippen molar-refractivity contribution in [1.29, 1.82) is 0 Å². The maximum atomic E-state index is 12.1. The Labute approximate surface area is 115 Å². The number of rotatable bonds is 3. The van der Waals surface area contributed by atoms with Gasteiger partial charge < -0.3 is 4.74 Å². The van der Waals surface area contributed by atoms with Gasteiger partial charge in [0.05, 0.1) is 5.71 Å². The molecule has 1 aliphatic heterocycles. The molecule has 2 bridgehead atoms. The summed E-state index contributed by atoms with van der Waals surface area (Å²) in [5, 5.41) is 0. The van der Waals surface area contributed by atoms with Gasteiger partial charge in [-0.2, -0.15) is 0 Å². The maximum Gasteiger partial charge on any atom is 0.331 e. The summed E-state index contributed by atoms with van der Waals surface area (Å²) in [6.45, 7) is 9.11. The van der Waals surface area contributed by atoms with Gasteiger partial charge >= 0.3 is 5.97 Å². The van der Waals surface area contributed by atoms with Gasteiger partial charge in [-0.1, -0.05) is 40.5 Å². The fraction of sp³-hybridized carbons (Fsp3) is 0.875. The third kappa shape index (κ3) is 1.56. The van der Waals surface area contributed by atoms with Crippen LogP contribution in [0.1, 0.15) is 59.8 Å². The average Bonchev–Trinajstić information content (AvgIpc) is 2.67. The summed E-state index contributed by atoms with van der Waals surface area (Å²) in [5.74, 6) is 0.376. The number of fused-ring (bicyclic) bond motifs is 5. The van der Waals surface area contributed by atoms with Gasteiger partial charge in [0.1, 0.15) is 12.1 Å². The second kappa shape index (κ2) is 4.07. The topological polar surface area (TPSA) is 38.7 Å². The molecule has 0 spiro atoms. The molecule has 3 rings (SSSR count). The van der Waals surface area contributed by atoms with E-state index < -0.39 is 0 Å². The molecule has 0 aromatic carbocycles. The molecule has 2 fully saturated rings. The van der Waals surface area contributed by atoms with Crippen LogP contribution in [0.15, 0.2) is 4.99 Å². The van der Waals surface area contributed by atoms with Gasteiger partial charge in [0.25, 0.3) is 0 Å². The zero-order valence-electron chi connectivity index (χ0n) is 12.5. The van der Waals surface area contributed by atoms with Crippen LogP contribution < -0.4 is 0 Å². The molecule has 3 heteroatoms. The number of unbranched alkanes of at least 4 members (excludes halogenated alkanes) is 1. The van der Waals surface area contributed by atoms with Gasteiger partial charge in [0, 0.05) is 11.3 Å². The molecule has 3 aliphatic rings. The second-order valence-electron chi connectivity index (χ2n) is 7.23. The lowest BCUT2D eigenvalue weighted by molar-refractivity contribution is -0.151. The first kappa shape index (κ1) is 13.1. The standard InChI is InChI=1S/C16H25NO2/c1-5-6-7-11-14(18)19-12-10-8-9-16(4,13(12)17-11)15(10,2)3/h10-12H,5-9H2,1-4H3/t10-,11-,12-,16+/m1/s1. The zero-order valence-corrected chi connectivity index (χ0v) is 12.5. The molecular weight excluding hydrogens is 238 g/mol. The molecule has 0 radical (unpaired) electrons. The van der Waals surface area contributed by atoms with Crippen molar-refractivity contribution in [1.82, 2.24) is 0 Å². The van der Waals surface area contributed by atoms with Crippen molar-refractivity contribution in [3.8, 4) is 0 Å². The lowest BCUT2D eigenvalue weighted by atomic mass is 9.70. The van der Waals surface area contributed by atoms with Gasteiger partial charge in [-0.15, -0.1) is 0 Å². The van der Waals surface area contributed by atoms with E-state index in [4.69, 9.17) is 9.73 Å². The van der Waals surface area contributed by atoms with E-state index in [0.29, 0.717) is 5.92 Å². The lowest BCUT2D eigenvalue weighted by Gasteiger charge is -2.36. The van der Waals surface area contributed by atoms with E-state index in [1.54, 1.807) is 0 Å². The van der Waals surface area contributed by atoms with Gasteiger partial charge in [0.15, 0.2) is 0 Å². The van der Waals surface area contributed by atoms with Crippen molar-refractivity contribution in [3.63, 3.8) is 0 Å². The summed E-state index contributed by atoms with van der Waals surface area (Å²) in [7, 11) is 0. The van der Waals surface area contributed by atoms with Crippen molar-refractivity contribution >= 4 is 11.7 Å². The predicted molar refractivity (Wildman–Crippen MR) is 75.2 cm³/mol. The molecule has 1 heterocycles. The SMILES string of the molecule is CCCC[C@H]1N=C2[C@H](OC1=O)[C@H]1CC[C@]2(C)C1(C)C. The number of nitrogens with zero attached hydrogens (tertiary/aromatic N) is 1. The largest absolute Gasteiger partial charge is 0.454 e. The molecule has 0 unspecified atom stereocenters. The first-order valence-corrected chi connectivity index (χ1v) is 7.70. The molecule has 2 aliphatic carbocycles. The molecule has 19 heavy (non-hydrogen) atoms. The quantitative estimate of drug-likeness (QED) is 0.732. The van der Waals surface area contributed by atoms with Gasteiger partial charge in [-0.3, -0.25) is 4.99 Å². The van der Waals surface area contributed by atoms with Crippen molar-refractivity contribution in [2.24, 2.45) is 21.7 Å². The third-order valence-corrected chi connectivity index (χ3v) is 6.15. The minimum atomic E-state index is -0.238. The third-order valence-electron chi connectivity index (χ3n) is 6.15. The Morgan fingerprint density at radius 3 is 2.79 bits per heavy atom. The van der Waals surface area contributed by atoms with E-state index in [1.807, 2.05) is 0 Å². The summed E-state index contributed by atoms with van der Waals surface area (Å²) in [5.41, 5.74) is 1.53. The number of hydrogen-bond acceptors (Lipinski definition) is 3. The number of carbonyl (C=O) groups excluding carboxylic acids is 1. The first-order valence-electron chi connectivity index (χ1n) is 7.70. The highest BCUT2D eigenvalue weighted by atomic mass is 16.5. The molecule has 0 aromatic rings. The molecule has 3 nitrogen and oxygen atoms in total. The van der Waals surface area contributed by atoms with Crippen LogP contribution in [0.3, 0.4) is 0 Å². The molecule has 0 aromatic heterocycles. The fourth-order valence-electron chi connectivity index (χ4n) is 4.39. The predicted octanol–water partition coefficient (Wildman–Crippen LogP) is 3.37. The highest BCUT2D eigenvalue weighted by Crippen LogP contribution is 2.65. The smallest absolute Gasteiger partial charge is 0.331 e. The van der Waals surface area contributed by atoms with Gasteiger partial charge in [-0.25, -0.2) is 4.79 Å². The number of ether oxygens (including phenoxy) is 1. The summed E-state index contributed by atoms with van der Waals surface area (Å²) in [4.78, 5) is 17.0. The van der Waals surface area contributed by atoms with E-state index in [0.717, 1.165) is 19.3 Å². The number of hydrogen-bond donors (Lipinski definition) is 0. The zero-order chi connectivity index (χ0) is 13.8. The van der Waals surface area contributed by atoms with Crippen molar-refractivity contribution < 1.29 is 9.53 Å². The summed E-state index contributed by atoms with van der Waals surface area (Å²) in [6.07, 6.45) is 5.32. The minimum absolute atomic E-state index is 0.0286. The number of esters is 1. The lowest BCUT2D eigenvalue weighted by Crippen LogP contribution is -2.44. The molecular formula is C16H25NO2. The molecule has 0 saturated heterocycles. The van der Waals surface area contributed by atoms with Crippen LogP contribution in [0.25, 0.3) is 0 Å². The van der Waals surface area contributed by atoms with Crippen molar-refractivity contribution in [2.75, 3.05) is 0 Å². The highest BCUT2D eigenvalue weighted by Gasteiger charge is 2.67. The monoisotopic (exact) mass is 263 g/mol. The van der Waals surface area contributed by atoms with Crippen LogP contribution in [-0.4, -0.2) is 23.8 Å².